The maximum Gasteiger partial charge on any atom is 0.236 e. The van der Waals surface area contributed by atoms with E-state index in [0.717, 1.165) is 45.6 Å². The molecule has 80 valence electrons. The lowest BCUT2D eigenvalue weighted by molar-refractivity contribution is -0.128. The Morgan fingerprint density at radius 1 is 1.36 bits per heavy atom. The molecule has 0 saturated carbocycles. The van der Waals surface area contributed by atoms with Gasteiger partial charge in [-0.3, -0.25) is 4.79 Å². The first-order valence-corrected chi connectivity index (χ1v) is 6.19. The predicted octanol–water partition coefficient (Wildman–Crippen LogP) is 1.41. The fourth-order valence-electron chi connectivity index (χ4n) is 2.12. The Balaban J connectivity index is 1.82. The molecule has 0 aliphatic carbocycles. The van der Waals surface area contributed by atoms with Crippen LogP contribution in [0, 0.1) is 5.92 Å². The van der Waals surface area contributed by atoms with Crippen molar-refractivity contribution in [2.75, 3.05) is 26.3 Å². The van der Waals surface area contributed by atoms with Crippen molar-refractivity contribution in [3.05, 3.63) is 0 Å². The number of likely N-dealkylation sites (tertiary alicyclic amines) is 1. The Kier molecular flexibility index (Phi) is 3.44. The largest absolute Gasteiger partial charge is 0.381 e. The Bertz CT molecular complexity index is 216. The van der Waals surface area contributed by atoms with E-state index in [4.69, 9.17) is 4.74 Å². The molecule has 2 aliphatic heterocycles. The molecule has 0 bridgehead atoms. The van der Waals surface area contributed by atoms with Gasteiger partial charge in [0.15, 0.2) is 0 Å². The molecule has 0 aromatic carbocycles. The third kappa shape index (κ3) is 2.28. The number of halogens is 1. The molecule has 2 rings (SSSR count). The van der Waals surface area contributed by atoms with E-state index in [2.05, 4.69) is 15.9 Å². The van der Waals surface area contributed by atoms with Gasteiger partial charge in [-0.25, -0.2) is 0 Å². The van der Waals surface area contributed by atoms with Crippen molar-refractivity contribution in [2.24, 2.45) is 5.92 Å². The van der Waals surface area contributed by atoms with Crippen molar-refractivity contribution in [3.63, 3.8) is 0 Å². The van der Waals surface area contributed by atoms with E-state index in [1.807, 2.05) is 4.90 Å². The maximum absolute atomic E-state index is 11.6. The summed E-state index contributed by atoms with van der Waals surface area (Å²) < 4.78 is 5.30. The lowest BCUT2D eigenvalue weighted by Crippen LogP contribution is -2.34. The van der Waals surface area contributed by atoms with Crippen LogP contribution in [0.15, 0.2) is 0 Å². The molecule has 2 saturated heterocycles. The second-order valence-corrected chi connectivity index (χ2v) is 5.20. The smallest absolute Gasteiger partial charge is 0.236 e. The molecule has 14 heavy (non-hydrogen) atoms. The molecule has 3 nitrogen and oxygen atoms in total. The summed E-state index contributed by atoms with van der Waals surface area (Å²) in [4.78, 5) is 13.7. The number of amides is 1. The van der Waals surface area contributed by atoms with Crippen LogP contribution in [0.3, 0.4) is 0 Å². The zero-order chi connectivity index (χ0) is 9.97. The molecule has 0 radical (unpaired) electrons. The van der Waals surface area contributed by atoms with Crippen molar-refractivity contribution < 1.29 is 9.53 Å². The fourth-order valence-corrected chi connectivity index (χ4v) is 2.62. The minimum absolute atomic E-state index is 0.0716. The number of alkyl halides is 1. The third-order valence-electron chi connectivity index (χ3n) is 3.05. The van der Waals surface area contributed by atoms with E-state index in [-0.39, 0.29) is 10.7 Å². The summed E-state index contributed by atoms with van der Waals surface area (Å²) in [6, 6.07) is 0. The van der Waals surface area contributed by atoms with E-state index in [9.17, 15) is 4.79 Å². The number of carbonyl (C=O) groups excluding carboxylic acids is 1. The van der Waals surface area contributed by atoms with Crippen LogP contribution in [0.4, 0.5) is 0 Å². The Hall–Kier alpha value is -0.0900. The fraction of sp³-hybridized carbons (Fsp3) is 0.900. The maximum atomic E-state index is 11.6. The zero-order valence-electron chi connectivity index (χ0n) is 8.25. The number of hydrogen-bond acceptors (Lipinski definition) is 2. The van der Waals surface area contributed by atoms with Crippen LogP contribution in [-0.4, -0.2) is 41.9 Å². The first kappa shape index (κ1) is 10.4. The second kappa shape index (κ2) is 4.62. The van der Waals surface area contributed by atoms with Gasteiger partial charge >= 0.3 is 0 Å². The average molecular weight is 262 g/mol. The second-order valence-electron chi connectivity index (χ2n) is 4.10. The summed E-state index contributed by atoms with van der Waals surface area (Å²) >= 11 is 3.39. The molecule has 2 heterocycles. The first-order chi connectivity index (χ1) is 6.77. The molecule has 1 unspecified atom stereocenters. The van der Waals surface area contributed by atoms with E-state index < -0.39 is 0 Å². The lowest BCUT2D eigenvalue weighted by atomic mass is 10.00. The summed E-state index contributed by atoms with van der Waals surface area (Å²) in [6.07, 6.45) is 3.18. The summed E-state index contributed by atoms with van der Waals surface area (Å²) in [5, 5.41) is 0. The highest BCUT2D eigenvalue weighted by Gasteiger charge is 2.31. The van der Waals surface area contributed by atoms with E-state index in [1.54, 1.807) is 0 Å². The number of ether oxygens (including phenoxy) is 1. The van der Waals surface area contributed by atoms with Crippen LogP contribution in [0.5, 0.6) is 0 Å². The number of rotatable bonds is 2. The topological polar surface area (TPSA) is 29.5 Å². The van der Waals surface area contributed by atoms with Crippen molar-refractivity contribution in [1.29, 1.82) is 0 Å². The minimum Gasteiger partial charge on any atom is -0.381 e. The highest BCUT2D eigenvalue weighted by molar-refractivity contribution is 9.10. The quantitative estimate of drug-likeness (QED) is 0.704. The van der Waals surface area contributed by atoms with Gasteiger partial charge in [0.25, 0.3) is 0 Å². The van der Waals surface area contributed by atoms with Crippen LogP contribution in [0.2, 0.25) is 0 Å². The summed E-state index contributed by atoms with van der Waals surface area (Å²) in [6.45, 7) is 3.59. The molecule has 1 atom stereocenters. The number of carbonyl (C=O) groups is 1. The molecule has 1 amide bonds. The van der Waals surface area contributed by atoms with Gasteiger partial charge in [-0.15, -0.1) is 0 Å². The summed E-state index contributed by atoms with van der Waals surface area (Å²) in [7, 11) is 0. The lowest BCUT2D eigenvalue weighted by Gasteiger charge is -2.26. The molecule has 0 aromatic heterocycles. The number of hydrogen-bond donors (Lipinski definition) is 0. The minimum atomic E-state index is 0.0716. The Morgan fingerprint density at radius 3 is 2.64 bits per heavy atom. The number of nitrogens with zero attached hydrogens (tertiary/aromatic N) is 1. The van der Waals surface area contributed by atoms with Crippen molar-refractivity contribution >= 4 is 21.8 Å². The van der Waals surface area contributed by atoms with Crippen molar-refractivity contribution in [3.8, 4) is 0 Å². The van der Waals surface area contributed by atoms with E-state index in [1.165, 1.54) is 0 Å². The standard InChI is InChI=1S/C10H16BrNO2/c11-9-1-4-12(10(9)13)7-8-2-5-14-6-3-8/h8-9H,1-7H2. The third-order valence-corrected chi connectivity index (χ3v) is 3.90. The molecule has 0 spiro atoms. The molecular formula is C10H16BrNO2. The van der Waals surface area contributed by atoms with Gasteiger partial charge in [-0.1, -0.05) is 15.9 Å². The van der Waals surface area contributed by atoms with Gasteiger partial charge in [0.1, 0.15) is 0 Å². The van der Waals surface area contributed by atoms with Crippen LogP contribution in [0.1, 0.15) is 19.3 Å². The van der Waals surface area contributed by atoms with Gasteiger partial charge in [-0.2, -0.15) is 0 Å². The molecular weight excluding hydrogens is 246 g/mol. The molecule has 0 N–H and O–H groups in total. The SMILES string of the molecule is O=C1C(Br)CCN1CC1CCOCC1. The monoisotopic (exact) mass is 261 g/mol. The van der Waals surface area contributed by atoms with Gasteiger partial charge in [0.2, 0.25) is 5.91 Å². The van der Waals surface area contributed by atoms with Crippen LogP contribution >= 0.6 is 15.9 Å². The first-order valence-electron chi connectivity index (χ1n) is 5.28. The van der Waals surface area contributed by atoms with Crippen molar-refractivity contribution in [1.82, 2.24) is 4.90 Å². The van der Waals surface area contributed by atoms with Crippen molar-refractivity contribution in [2.45, 2.75) is 24.1 Å². The van der Waals surface area contributed by atoms with Crippen LogP contribution in [-0.2, 0) is 9.53 Å². The molecule has 4 heteroatoms. The highest BCUT2D eigenvalue weighted by atomic mass is 79.9. The van der Waals surface area contributed by atoms with Crippen LogP contribution in [0.25, 0.3) is 0 Å². The normalized spacial score (nSPS) is 29.9. The molecule has 2 aliphatic rings. The average Bonchev–Trinajstić information content (AvgIpc) is 2.52. The van der Waals surface area contributed by atoms with Gasteiger partial charge in [-0.05, 0) is 25.2 Å². The van der Waals surface area contributed by atoms with Gasteiger partial charge in [0.05, 0.1) is 4.83 Å². The Labute approximate surface area is 92.9 Å². The van der Waals surface area contributed by atoms with Crippen LogP contribution < -0.4 is 0 Å². The van der Waals surface area contributed by atoms with E-state index >= 15 is 0 Å². The summed E-state index contributed by atoms with van der Waals surface area (Å²) in [5.74, 6) is 0.932. The highest BCUT2D eigenvalue weighted by Crippen LogP contribution is 2.22. The molecule has 2 fully saturated rings. The zero-order valence-corrected chi connectivity index (χ0v) is 9.83. The van der Waals surface area contributed by atoms with Gasteiger partial charge in [0, 0.05) is 26.3 Å². The predicted molar refractivity (Wildman–Crippen MR) is 57.5 cm³/mol. The van der Waals surface area contributed by atoms with E-state index in [0.29, 0.717) is 5.92 Å². The van der Waals surface area contributed by atoms with Gasteiger partial charge < -0.3 is 9.64 Å². The Morgan fingerprint density at radius 2 is 2.07 bits per heavy atom. The summed E-state index contributed by atoms with van der Waals surface area (Å²) in [5.41, 5.74) is 0. The molecule has 0 aromatic rings.